The Bertz CT molecular complexity index is 451. The van der Waals surface area contributed by atoms with Gasteiger partial charge in [0.2, 0.25) is 0 Å². The molecule has 98 valence electrons. The van der Waals surface area contributed by atoms with Crippen molar-refractivity contribution in [3.8, 4) is 5.75 Å². The molecule has 0 saturated heterocycles. The van der Waals surface area contributed by atoms with E-state index in [0.717, 1.165) is 29.4 Å². The number of hydrogen-bond acceptors (Lipinski definition) is 4. The van der Waals surface area contributed by atoms with Crippen molar-refractivity contribution in [1.29, 1.82) is 0 Å². The van der Waals surface area contributed by atoms with E-state index in [-0.39, 0.29) is 0 Å². The number of methoxy groups -OCH3 is 1. The maximum atomic E-state index is 6.09. The Kier molecular flexibility index (Phi) is 4.78. The lowest BCUT2D eigenvalue weighted by Crippen LogP contribution is -2.19. The summed E-state index contributed by atoms with van der Waals surface area (Å²) in [7, 11) is 1.61. The first-order chi connectivity index (χ1) is 8.72. The average molecular weight is 285 g/mol. The highest BCUT2D eigenvalue weighted by Crippen LogP contribution is 2.28. The minimum Gasteiger partial charge on any atom is -0.495 e. The van der Waals surface area contributed by atoms with Gasteiger partial charge < -0.3 is 10.1 Å². The summed E-state index contributed by atoms with van der Waals surface area (Å²) in [6.07, 6.45) is 2.25. The number of ether oxygens (including phenoxy) is 1. The van der Waals surface area contributed by atoms with Crippen LogP contribution in [0.15, 0.2) is 23.2 Å². The zero-order valence-electron chi connectivity index (χ0n) is 10.6. The average Bonchev–Trinajstić information content (AvgIpc) is 2.39. The Labute approximate surface area is 117 Å². The minimum absolute atomic E-state index is 0.447. The van der Waals surface area contributed by atoms with Crippen molar-refractivity contribution in [3.63, 3.8) is 0 Å². The van der Waals surface area contributed by atoms with Crippen LogP contribution in [0, 0.1) is 0 Å². The van der Waals surface area contributed by atoms with E-state index in [1.807, 2.05) is 18.2 Å². The first-order valence-electron chi connectivity index (χ1n) is 6.04. The number of halogens is 1. The molecule has 0 fully saturated rings. The molecule has 0 aromatic heterocycles. The van der Waals surface area contributed by atoms with E-state index in [1.165, 1.54) is 0 Å². The van der Waals surface area contributed by atoms with Crippen molar-refractivity contribution in [2.45, 2.75) is 25.8 Å². The highest BCUT2D eigenvalue weighted by atomic mass is 35.5. The van der Waals surface area contributed by atoms with Gasteiger partial charge in [-0.3, -0.25) is 4.99 Å². The molecule has 0 radical (unpaired) electrons. The third-order valence-corrected chi connectivity index (χ3v) is 4.08. The summed E-state index contributed by atoms with van der Waals surface area (Å²) in [6, 6.07) is 6.11. The zero-order chi connectivity index (χ0) is 13.0. The fraction of sp³-hybridized carbons (Fsp3) is 0.462. The van der Waals surface area contributed by atoms with Gasteiger partial charge in [-0.1, -0.05) is 30.3 Å². The second-order valence-corrected chi connectivity index (χ2v) is 5.60. The third kappa shape index (κ3) is 3.33. The molecular weight excluding hydrogens is 268 g/mol. The molecule has 1 unspecified atom stereocenters. The molecule has 3 nitrogen and oxygen atoms in total. The van der Waals surface area contributed by atoms with Crippen molar-refractivity contribution in [2.24, 2.45) is 4.99 Å². The van der Waals surface area contributed by atoms with Crippen molar-refractivity contribution >= 4 is 34.2 Å². The fourth-order valence-corrected chi connectivity index (χ4v) is 3.05. The number of anilines is 1. The molecule has 0 saturated carbocycles. The van der Waals surface area contributed by atoms with Crippen LogP contribution in [-0.2, 0) is 0 Å². The Hall–Kier alpha value is -0.870. The molecule has 5 heteroatoms. The van der Waals surface area contributed by atoms with Crippen LogP contribution in [-0.4, -0.2) is 24.1 Å². The Morgan fingerprint density at radius 1 is 1.56 bits per heavy atom. The van der Waals surface area contributed by atoms with Crippen molar-refractivity contribution in [2.75, 3.05) is 18.2 Å². The first kappa shape index (κ1) is 13.6. The maximum Gasteiger partial charge on any atom is 0.161 e. The summed E-state index contributed by atoms with van der Waals surface area (Å²) in [5, 5.41) is 4.90. The zero-order valence-corrected chi connectivity index (χ0v) is 12.1. The number of nitrogens with zero attached hydrogens (tertiary/aromatic N) is 1. The summed E-state index contributed by atoms with van der Waals surface area (Å²) >= 11 is 7.85. The molecular formula is C13H17ClN2OS. The molecule has 1 aromatic rings. The molecule has 0 bridgehead atoms. The summed E-state index contributed by atoms with van der Waals surface area (Å²) in [5.74, 6) is 1.81. The number of hydrogen-bond donors (Lipinski definition) is 1. The molecule has 18 heavy (non-hydrogen) atoms. The van der Waals surface area contributed by atoms with Gasteiger partial charge in [0.05, 0.1) is 18.2 Å². The van der Waals surface area contributed by atoms with E-state index in [9.17, 15) is 0 Å². The second-order valence-electron chi connectivity index (χ2n) is 4.11. The van der Waals surface area contributed by atoms with Gasteiger partial charge in [0.25, 0.3) is 0 Å². The van der Waals surface area contributed by atoms with Gasteiger partial charge in [-0.2, -0.15) is 0 Å². The summed E-state index contributed by atoms with van der Waals surface area (Å²) < 4.78 is 5.13. The molecule has 0 aliphatic carbocycles. The highest BCUT2D eigenvalue weighted by molar-refractivity contribution is 8.14. The quantitative estimate of drug-likeness (QED) is 0.910. The van der Waals surface area contributed by atoms with E-state index in [0.29, 0.717) is 16.8 Å². The van der Waals surface area contributed by atoms with E-state index >= 15 is 0 Å². The lowest BCUT2D eigenvalue weighted by Gasteiger charge is -2.19. The molecule has 1 aromatic carbocycles. The number of rotatable bonds is 3. The number of nitrogens with one attached hydrogen (secondary N) is 1. The van der Waals surface area contributed by atoms with E-state index in [4.69, 9.17) is 16.3 Å². The second kappa shape index (κ2) is 6.34. The monoisotopic (exact) mass is 284 g/mol. The topological polar surface area (TPSA) is 33.6 Å². The van der Waals surface area contributed by atoms with Crippen LogP contribution >= 0.6 is 23.4 Å². The number of amidine groups is 1. The maximum absolute atomic E-state index is 6.09. The van der Waals surface area contributed by atoms with Crippen LogP contribution < -0.4 is 10.1 Å². The van der Waals surface area contributed by atoms with Gasteiger partial charge in [0, 0.05) is 11.4 Å². The third-order valence-electron chi connectivity index (χ3n) is 2.86. The number of thioether (sulfide) groups is 1. The molecule has 1 atom stereocenters. The van der Waals surface area contributed by atoms with Crippen LogP contribution in [0.5, 0.6) is 5.75 Å². The van der Waals surface area contributed by atoms with Crippen molar-refractivity contribution in [3.05, 3.63) is 23.2 Å². The summed E-state index contributed by atoms with van der Waals surface area (Å²) in [5.41, 5.74) is 0.948. The molecule has 2 rings (SSSR count). The SMILES string of the molecule is CCC1CCSC(Nc2ccc(OC)c(Cl)c2)=N1. The minimum atomic E-state index is 0.447. The molecule has 1 N–H and O–H groups in total. The number of benzene rings is 1. The largest absolute Gasteiger partial charge is 0.495 e. The predicted molar refractivity (Wildman–Crippen MR) is 80.2 cm³/mol. The van der Waals surface area contributed by atoms with E-state index < -0.39 is 0 Å². The Balaban J connectivity index is 2.09. The van der Waals surface area contributed by atoms with Crippen LogP contribution in [0.1, 0.15) is 19.8 Å². The van der Waals surface area contributed by atoms with Crippen molar-refractivity contribution < 1.29 is 4.74 Å². The Morgan fingerprint density at radius 3 is 3.06 bits per heavy atom. The Morgan fingerprint density at radius 2 is 2.39 bits per heavy atom. The fourth-order valence-electron chi connectivity index (χ4n) is 1.79. The highest BCUT2D eigenvalue weighted by Gasteiger charge is 2.14. The van der Waals surface area contributed by atoms with Crippen LogP contribution in [0.25, 0.3) is 0 Å². The van der Waals surface area contributed by atoms with Gasteiger partial charge in [0.15, 0.2) is 5.17 Å². The van der Waals surface area contributed by atoms with Gasteiger partial charge >= 0.3 is 0 Å². The van der Waals surface area contributed by atoms with E-state index in [2.05, 4.69) is 17.2 Å². The predicted octanol–water partition coefficient (Wildman–Crippen LogP) is 4.03. The molecule has 1 aliphatic heterocycles. The lowest BCUT2D eigenvalue weighted by molar-refractivity contribution is 0.415. The van der Waals surface area contributed by atoms with Crippen molar-refractivity contribution in [1.82, 2.24) is 0 Å². The molecule has 0 spiro atoms. The smallest absolute Gasteiger partial charge is 0.161 e. The molecule has 1 heterocycles. The molecule has 0 amide bonds. The standard InChI is InChI=1S/C13H17ClN2OS/c1-3-9-6-7-18-13(15-9)16-10-4-5-12(17-2)11(14)8-10/h4-5,8-9H,3,6-7H2,1-2H3,(H,15,16). The summed E-state index contributed by atoms with van der Waals surface area (Å²) in [4.78, 5) is 4.66. The van der Waals surface area contributed by atoms with Crippen LogP contribution in [0.2, 0.25) is 5.02 Å². The van der Waals surface area contributed by atoms with Gasteiger partial charge in [-0.05, 0) is 31.0 Å². The molecule has 1 aliphatic rings. The first-order valence-corrected chi connectivity index (χ1v) is 7.40. The van der Waals surface area contributed by atoms with Crippen LogP contribution in [0.4, 0.5) is 5.69 Å². The van der Waals surface area contributed by atoms with Crippen LogP contribution in [0.3, 0.4) is 0 Å². The number of aliphatic imine (C=N–C) groups is 1. The lowest BCUT2D eigenvalue weighted by atomic mass is 10.2. The van der Waals surface area contributed by atoms with Gasteiger partial charge in [-0.15, -0.1) is 0 Å². The summed E-state index contributed by atoms with van der Waals surface area (Å²) in [6.45, 7) is 2.17. The normalized spacial score (nSPS) is 19.3. The van der Waals surface area contributed by atoms with Gasteiger partial charge in [0.1, 0.15) is 5.75 Å². The van der Waals surface area contributed by atoms with E-state index in [1.54, 1.807) is 18.9 Å². The van der Waals surface area contributed by atoms with Gasteiger partial charge in [-0.25, -0.2) is 0 Å².